The molecule has 0 aromatic heterocycles. The molecule has 0 saturated carbocycles. The first-order valence-electron chi connectivity index (χ1n) is 9.48. The molecule has 0 aromatic carbocycles. The summed E-state index contributed by atoms with van der Waals surface area (Å²) in [7, 11) is -8.68. The number of hydrogen-bond donors (Lipinski definition) is 0. The van der Waals surface area contributed by atoms with Crippen molar-refractivity contribution in [3.8, 4) is 0 Å². The van der Waals surface area contributed by atoms with E-state index < -0.39 is 45.8 Å². The zero-order valence-electron chi connectivity index (χ0n) is 19.0. The molecule has 0 bridgehead atoms. The summed E-state index contributed by atoms with van der Waals surface area (Å²) in [5, 5.41) is 0. The smallest absolute Gasteiger partial charge is 0.455 e. The molecule has 0 saturated heterocycles. The fourth-order valence-corrected chi connectivity index (χ4v) is 17.1. The Bertz CT molecular complexity index is 489. The lowest BCUT2D eigenvalue weighted by Crippen LogP contribution is -2.60. The highest BCUT2D eigenvalue weighted by molar-refractivity contribution is 6.90. The van der Waals surface area contributed by atoms with Crippen LogP contribution >= 0.6 is 0 Å². The second-order valence-corrected chi connectivity index (χ2v) is 26.8. The molecule has 5 nitrogen and oxygen atoms in total. The van der Waals surface area contributed by atoms with E-state index in [1.807, 2.05) is 0 Å². The molecule has 0 heterocycles. The standard InChI is InChI=1S/C18H40O5Si4/c1-13-17(20-18(19)16(2)3)14-15-27(21-24(4,5)6,22-25(7,8)9)23-26(10,11)12/h13,17H,1-2,14-15H2,3-12H3. The van der Waals surface area contributed by atoms with Gasteiger partial charge in [-0.1, -0.05) is 19.2 Å². The number of rotatable bonds is 12. The second-order valence-electron chi connectivity index (χ2n) is 9.82. The summed E-state index contributed by atoms with van der Waals surface area (Å²) in [4.78, 5) is 11.9. The van der Waals surface area contributed by atoms with Crippen LogP contribution in [0.1, 0.15) is 13.3 Å². The number of carbonyl (C=O) groups excluding carboxylic acids is 1. The molecule has 0 rings (SSSR count). The van der Waals surface area contributed by atoms with Crippen molar-refractivity contribution in [2.24, 2.45) is 0 Å². The van der Waals surface area contributed by atoms with Gasteiger partial charge in [-0.3, -0.25) is 0 Å². The summed E-state index contributed by atoms with van der Waals surface area (Å²) in [6.45, 7) is 28.5. The number of hydrogen-bond acceptors (Lipinski definition) is 5. The lowest BCUT2D eigenvalue weighted by molar-refractivity contribution is -0.142. The Labute approximate surface area is 170 Å². The van der Waals surface area contributed by atoms with Crippen molar-refractivity contribution >= 4 is 39.7 Å². The van der Waals surface area contributed by atoms with Crippen LogP contribution in [-0.4, -0.2) is 45.8 Å². The predicted octanol–water partition coefficient (Wildman–Crippen LogP) is 5.54. The Morgan fingerprint density at radius 3 is 1.52 bits per heavy atom. The number of ether oxygens (including phenoxy) is 1. The third-order valence-corrected chi connectivity index (χ3v) is 15.0. The maximum Gasteiger partial charge on any atom is 0.469 e. The number of carbonyl (C=O) groups is 1. The van der Waals surface area contributed by atoms with Crippen molar-refractivity contribution in [1.82, 2.24) is 0 Å². The molecule has 0 aromatic rings. The largest absolute Gasteiger partial charge is 0.469 e. The van der Waals surface area contributed by atoms with Crippen LogP contribution in [0.4, 0.5) is 0 Å². The maximum absolute atomic E-state index is 11.9. The van der Waals surface area contributed by atoms with Gasteiger partial charge in [0.1, 0.15) is 6.10 Å². The van der Waals surface area contributed by atoms with E-state index >= 15 is 0 Å². The Kier molecular flexibility index (Phi) is 9.84. The summed E-state index contributed by atoms with van der Waals surface area (Å²) < 4.78 is 25.4. The summed E-state index contributed by atoms with van der Waals surface area (Å²) in [5.41, 5.74) is 0.375. The van der Waals surface area contributed by atoms with Crippen molar-refractivity contribution in [3.05, 3.63) is 24.8 Å². The molecule has 1 atom stereocenters. The van der Waals surface area contributed by atoms with Crippen LogP contribution in [0.5, 0.6) is 0 Å². The second kappa shape index (κ2) is 9.95. The van der Waals surface area contributed by atoms with Crippen LogP contribution in [-0.2, 0) is 21.9 Å². The van der Waals surface area contributed by atoms with Gasteiger partial charge < -0.3 is 17.1 Å². The normalized spacial score (nSPS) is 14.6. The molecule has 1 unspecified atom stereocenters. The zero-order chi connectivity index (χ0) is 21.7. The maximum atomic E-state index is 11.9. The highest BCUT2D eigenvalue weighted by atomic mass is 28.5. The van der Waals surface area contributed by atoms with Crippen molar-refractivity contribution in [2.75, 3.05) is 0 Å². The molecular formula is C18H40O5Si4. The fraction of sp³-hybridized carbons (Fsp3) is 0.722. The van der Waals surface area contributed by atoms with Crippen molar-refractivity contribution in [3.63, 3.8) is 0 Å². The van der Waals surface area contributed by atoms with Gasteiger partial charge in [0, 0.05) is 11.6 Å². The van der Waals surface area contributed by atoms with Gasteiger partial charge in [-0.25, -0.2) is 4.79 Å². The summed E-state index contributed by atoms with van der Waals surface area (Å²) in [6, 6.07) is 0.603. The van der Waals surface area contributed by atoms with Gasteiger partial charge in [0.2, 0.25) is 0 Å². The van der Waals surface area contributed by atoms with Gasteiger partial charge in [0.15, 0.2) is 25.0 Å². The highest BCUT2D eigenvalue weighted by Gasteiger charge is 2.50. The minimum Gasteiger partial charge on any atom is -0.455 e. The van der Waals surface area contributed by atoms with Crippen LogP contribution in [0.15, 0.2) is 24.8 Å². The van der Waals surface area contributed by atoms with Crippen molar-refractivity contribution in [2.45, 2.75) is 84.4 Å². The van der Waals surface area contributed by atoms with E-state index in [0.29, 0.717) is 18.0 Å². The zero-order valence-corrected chi connectivity index (χ0v) is 23.0. The molecule has 0 aliphatic rings. The van der Waals surface area contributed by atoms with E-state index in [-0.39, 0.29) is 0 Å². The molecule has 0 spiro atoms. The molecular weight excluding hydrogens is 409 g/mol. The number of esters is 1. The average Bonchev–Trinajstić information content (AvgIpc) is 2.36. The highest BCUT2D eigenvalue weighted by Crippen LogP contribution is 2.30. The van der Waals surface area contributed by atoms with Crippen LogP contribution < -0.4 is 0 Å². The van der Waals surface area contributed by atoms with E-state index in [0.717, 1.165) is 0 Å². The van der Waals surface area contributed by atoms with Crippen LogP contribution in [0.25, 0.3) is 0 Å². The topological polar surface area (TPSA) is 54.0 Å². The van der Waals surface area contributed by atoms with Gasteiger partial charge in [0.25, 0.3) is 0 Å². The van der Waals surface area contributed by atoms with Crippen LogP contribution in [0, 0.1) is 0 Å². The van der Waals surface area contributed by atoms with Gasteiger partial charge in [0.05, 0.1) is 0 Å². The van der Waals surface area contributed by atoms with E-state index in [2.05, 4.69) is 72.1 Å². The van der Waals surface area contributed by atoms with E-state index in [1.165, 1.54) is 0 Å². The molecule has 0 fully saturated rings. The van der Waals surface area contributed by atoms with E-state index in [4.69, 9.17) is 17.1 Å². The molecule has 9 heteroatoms. The SMILES string of the molecule is C=CC(CC[Si](O[Si](C)(C)C)(O[Si](C)(C)C)O[Si](C)(C)C)OC(=O)C(=C)C. The van der Waals surface area contributed by atoms with Gasteiger partial charge in [-0.15, -0.1) is 0 Å². The Hall–Kier alpha value is -0.302. The monoisotopic (exact) mass is 448 g/mol. The molecule has 0 N–H and O–H groups in total. The lowest BCUT2D eigenvalue weighted by Gasteiger charge is -2.43. The van der Waals surface area contributed by atoms with Crippen LogP contribution in [0.3, 0.4) is 0 Å². The van der Waals surface area contributed by atoms with E-state index in [9.17, 15) is 4.79 Å². The molecule has 0 aliphatic heterocycles. The van der Waals surface area contributed by atoms with E-state index in [1.54, 1.807) is 13.0 Å². The minimum absolute atomic E-state index is 0.375. The molecule has 0 amide bonds. The average molecular weight is 449 g/mol. The lowest BCUT2D eigenvalue weighted by atomic mass is 10.2. The molecule has 0 aliphatic carbocycles. The summed E-state index contributed by atoms with van der Waals surface area (Å²) in [6.07, 6.45) is 1.80. The Morgan fingerprint density at radius 1 is 0.889 bits per heavy atom. The molecule has 27 heavy (non-hydrogen) atoms. The third-order valence-electron chi connectivity index (χ3n) is 2.99. The van der Waals surface area contributed by atoms with Gasteiger partial charge in [-0.2, -0.15) is 0 Å². The molecule has 0 radical (unpaired) electrons. The Balaban J connectivity index is 5.67. The third kappa shape index (κ3) is 12.7. The molecule has 158 valence electrons. The van der Waals surface area contributed by atoms with Gasteiger partial charge >= 0.3 is 14.8 Å². The van der Waals surface area contributed by atoms with Crippen LogP contribution in [0.2, 0.25) is 65.0 Å². The Morgan fingerprint density at radius 2 is 1.26 bits per heavy atom. The summed E-state index contributed by atoms with van der Waals surface area (Å²) in [5.74, 6) is -0.407. The van der Waals surface area contributed by atoms with Gasteiger partial charge in [-0.05, 0) is 72.3 Å². The van der Waals surface area contributed by atoms with Crippen molar-refractivity contribution < 1.29 is 21.9 Å². The minimum atomic E-state index is -2.94. The summed E-state index contributed by atoms with van der Waals surface area (Å²) >= 11 is 0. The first-order chi connectivity index (χ1) is 11.9. The first kappa shape index (κ1) is 26.7. The fourth-order valence-electron chi connectivity index (χ4n) is 2.40. The first-order valence-corrected chi connectivity index (χ1v) is 21.6. The predicted molar refractivity (Wildman–Crippen MR) is 123 cm³/mol. The van der Waals surface area contributed by atoms with Crippen molar-refractivity contribution in [1.29, 1.82) is 0 Å². The quantitative estimate of drug-likeness (QED) is 0.170.